The van der Waals surface area contributed by atoms with Crippen LogP contribution in [0, 0.1) is 0 Å². The number of rotatable bonds is 4. The number of imidazole rings is 1. The van der Waals surface area contributed by atoms with Crippen LogP contribution in [0.3, 0.4) is 0 Å². The number of carbonyl (C=O) groups excluding carboxylic acids is 1. The Hall–Kier alpha value is -2.02. The molecule has 0 bridgehead atoms. The third-order valence-electron chi connectivity index (χ3n) is 2.36. The van der Waals surface area contributed by atoms with Crippen LogP contribution in [0.4, 0.5) is 5.82 Å². The predicted octanol–water partition coefficient (Wildman–Crippen LogP) is -0.0887. The molecule has 0 saturated heterocycles. The first kappa shape index (κ1) is 11.5. The summed E-state index contributed by atoms with van der Waals surface area (Å²) in [6, 6.07) is 0. The van der Waals surface area contributed by atoms with Crippen LogP contribution in [0.15, 0.2) is 12.7 Å². The summed E-state index contributed by atoms with van der Waals surface area (Å²) in [5.41, 5.74) is 1.30. The molecule has 0 aliphatic heterocycles. The van der Waals surface area contributed by atoms with E-state index in [0.29, 0.717) is 29.9 Å². The summed E-state index contributed by atoms with van der Waals surface area (Å²) in [6.07, 6.45) is 3.45. The molecule has 0 unspecified atom stereocenters. The summed E-state index contributed by atoms with van der Waals surface area (Å²) in [7, 11) is 3.64. The highest BCUT2D eigenvalue weighted by molar-refractivity contribution is 5.96. The highest BCUT2D eigenvalue weighted by atomic mass is 16.1. The van der Waals surface area contributed by atoms with Crippen LogP contribution in [-0.2, 0) is 11.8 Å². The summed E-state index contributed by atoms with van der Waals surface area (Å²) in [6.45, 7) is 0.627. The van der Waals surface area contributed by atoms with Crippen LogP contribution >= 0.6 is 0 Å². The number of aryl methyl sites for hydroxylation is 1. The van der Waals surface area contributed by atoms with E-state index in [1.54, 1.807) is 17.9 Å². The summed E-state index contributed by atoms with van der Waals surface area (Å²) in [5.74, 6) is 0.363. The molecule has 0 aliphatic rings. The maximum absolute atomic E-state index is 11.6. The van der Waals surface area contributed by atoms with Crippen molar-refractivity contribution >= 4 is 22.9 Å². The fourth-order valence-electron chi connectivity index (χ4n) is 1.47. The second-order valence-electron chi connectivity index (χ2n) is 3.65. The number of anilines is 1. The van der Waals surface area contributed by atoms with E-state index < -0.39 is 0 Å². The van der Waals surface area contributed by atoms with Gasteiger partial charge in [0.05, 0.1) is 6.33 Å². The van der Waals surface area contributed by atoms with E-state index in [0.717, 1.165) is 0 Å². The quantitative estimate of drug-likeness (QED) is 0.772. The molecule has 0 aliphatic carbocycles. The minimum Gasteiger partial charge on any atom is -0.319 e. The molecule has 0 saturated carbocycles. The number of nitrogens with zero attached hydrogens (tertiary/aromatic N) is 4. The van der Waals surface area contributed by atoms with E-state index in [-0.39, 0.29) is 5.91 Å². The molecule has 2 aromatic heterocycles. The van der Waals surface area contributed by atoms with Gasteiger partial charge in [0, 0.05) is 20.0 Å². The summed E-state index contributed by atoms with van der Waals surface area (Å²) in [5, 5.41) is 5.64. The third-order valence-corrected chi connectivity index (χ3v) is 2.36. The Morgan fingerprint density at radius 2 is 2.24 bits per heavy atom. The predicted molar refractivity (Wildman–Crippen MR) is 63.5 cm³/mol. The minimum absolute atomic E-state index is 0.0926. The van der Waals surface area contributed by atoms with Crippen molar-refractivity contribution in [3.63, 3.8) is 0 Å². The van der Waals surface area contributed by atoms with Gasteiger partial charge in [-0.15, -0.1) is 0 Å². The fraction of sp³-hybridized carbons (Fsp3) is 0.400. The topological polar surface area (TPSA) is 84.7 Å². The van der Waals surface area contributed by atoms with Crippen molar-refractivity contribution in [1.82, 2.24) is 24.8 Å². The highest BCUT2D eigenvalue weighted by Gasteiger charge is 2.10. The van der Waals surface area contributed by atoms with Crippen LogP contribution in [0.5, 0.6) is 0 Å². The van der Waals surface area contributed by atoms with Crippen LogP contribution in [-0.4, -0.2) is 39.0 Å². The SMILES string of the molecule is CNCCC(=O)Nc1ncnc2c1ncn2C. The lowest BCUT2D eigenvalue weighted by Gasteiger charge is -2.04. The van der Waals surface area contributed by atoms with Crippen molar-refractivity contribution in [3.8, 4) is 0 Å². The van der Waals surface area contributed by atoms with Gasteiger partial charge >= 0.3 is 0 Å². The maximum Gasteiger partial charge on any atom is 0.226 e. The monoisotopic (exact) mass is 234 g/mol. The smallest absolute Gasteiger partial charge is 0.226 e. The van der Waals surface area contributed by atoms with Crippen molar-refractivity contribution in [3.05, 3.63) is 12.7 Å². The lowest BCUT2D eigenvalue weighted by molar-refractivity contribution is -0.116. The van der Waals surface area contributed by atoms with Gasteiger partial charge < -0.3 is 15.2 Å². The molecule has 7 nitrogen and oxygen atoms in total. The average Bonchev–Trinajstić information content (AvgIpc) is 2.70. The zero-order valence-corrected chi connectivity index (χ0v) is 9.77. The van der Waals surface area contributed by atoms with E-state index >= 15 is 0 Å². The third kappa shape index (κ3) is 2.39. The molecule has 0 atom stereocenters. The maximum atomic E-state index is 11.6. The van der Waals surface area contributed by atoms with Crippen molar-refractivity contribution in [2.24, 2.45) is 7.05 Å². The Balaban J connectivity index is 2.21. The lowest BCUT2D eigenvalue weighted by Crippen LogP contribution is -2.19. The van der Waals surface area contributed by atoms with Crippen molar-refractivity contribution in [1.29, 1.82) is 0 Å². The number of hydrogen-bond acceptors (Lipinski definition) is 5. The molecular weight excluding hydrogens is 220 g/mol. The number of amides is 1. The standard InChI is InChI=1S/C10H14N6O/c1-11-4-3-7(17)15-9-8-10(13-5-12-9)16(2)6-14-8/h5-6,11H,3-4H2,1-2H3,(H,12,13,15,17). The molecule has 2 rings (SSSR count). The molecule has 2 N–H and O–H groups in total. The Morgan fingerprint density at radius 3 is 3.00 bits per heavy atom. The Morgan fingerprint density at radius 1 is 1.41 bits per heavy atom. The molecule has 2 aromatic rings. The summed E-state index contributed by atoms with van der Waals surface area (Å²) >= 11 is 0. The second-order valence-corrected chi connectivity index (χ2v) is 3.65. The Labute approximate surface area is 98.3 Å². The van der Waals surface area contributed by atoms with E-state index in [1.165, 1.54) is 6.33 Å². The zero-order chi connectivity index (χ0) is 12.3. The van der Waals surface area contributed by atoms with Crippen LogP contribution in [0.2, 0.25) is 0 Å². The van der Waals surface area contributed by atoms with Gasteiger partial charge in [0.25, 0.3) is 0 Å². The molecule has 90 valence electrons. The lowest BCUT2D eigenvalue weighted by atomic mass is 10.4. The molecule has 1 amide bonds. The van der Waals surface area contributed by atoms with Gasteiger partial charge in [0.2, 0.25) is 5.91 Å². The number of nitrogens with one attached hydrogen (secondary N) is 2. The van der Waals surface area contributed by atoms with Crippen molar-refractivity contribution in [2.45, 2.75) is 6.42 Å². The molecule has 17 heavy (non-hydrogen) atoms. The normalized spacial score (nSPS) is 10.7. The van der Waals surface area contributed by atoms with Crippen molar-refractivity contribution < 1.29 is 4.79 Å². The van der Waals surface area contributed by atoms with Gasteiger partial charge in [-0.2, -0.15) is 0 Å². The summed E-state index contributed by atoms with van der Waals surface area (Å²) < 4.78 is 1.78. The fourth-order valence-corrected chi connectivity index (χ4v) is 1.47. The molecular formula is C10H14N6O. The molecule has 0 fully saturated rings. The van der Waals surface area contributed by atoms with E-state index in [4.69, 9.17) is 0 Å². The number of aromatic nitrogens is 4. The Bertz CT molecular complexity index is 535. The molecule has 0 radical (unpaired) electrons. The summed E-state index contributed by atoms with van der Waals surface area (Å²) in [4.78, 5) is 23.9. The second kappa shape index (κ2) is 4.88. The number of hydrogen-bond donors (Lipinski definition) is 2. The largest absolute Gasteiger partial charge is 0.319 e. The van der Waals surface area contributed by atoms with E-state index in [2.05, 4.69) is 25.6 Å². The highest BCUT2D eigenvalue weighted by Crippen LogP contribution is 2.16. The van der Waals surface area contributed by atoms with Gasteiger partial charge in [-0.1, -0.05) is 0 Å². The minimum atomic E-state index is -0.0926. The molecule has 0 aromatic carbocycles. The number of carbonyl (C=O) groups is 1. The van der Waals surface area contributed by atoms with E-state index in [9.17, 15) is 4.79 Å². The molecule has 2 heterocycles. The van der Waals surface area contributed by atoms with Crippen LogP contribution < -0.4 is 10.6 Å². The van der Waals surface area contributed by atoms with Gasteiger partial charge in [-0.05, 0) is 7.05 Å². The molecule has 7 heteroatoms. The Kier molecular flexibility index (Phi) is 3.29. The van der Waals surface area contributed by atoms with Crippen LogP contribution in [0.25, 0.3) is 11.2 Å². The van der Waals surface area contributed by atoms with Crippen molar-refractivity contribution in [2.75, 3.05) is 18.9 Å². The molecule has 0 spiro atoms. The first-order chi connectivity index (χ1) is 8.22. The van der Waals surface area contributed by atoms with Crippen LogP contribution in [0.1, 0.15) is 6.42 Å². The first-order valence-electron chi connectivity index (χ1n) is 5.29. The van der Waals surface area contributed by atoms with Gasteiger partial charge in [-0.25, -0.2) is 15.0 Å². The van der Waals surface area contributed by atoms with Gasteiger partial charge in [-0.3, -0.25) is 4.79 Å². The van der Waals surface area contributed by atoms with E-state index in [1.807, 2.05) is 7.05 Å². The average molecular weight is 234 g/mol. The zero-order valence-electron chi connectivity index (χ0n) is 9.77. The number of fused-ring (bicyclic) bond motifs is 1. The first-order valence-corrected chi connectivity index (χ1v) is 5.29. The van der Waals surface area contributed by atoms with Gasteiger partial charge in [0.1, 0.15) is 6.33 Å². The van der Waals surface area contributed by atoms with Gasteiger partial charge in [0.15, 0.2) is 17.0 Å².